The summed E-state index contributed by atoms with van der Waals surface area (Å²) >= 11 is 0. The van der Waals surface area contributed by atoms with Crippen molar-refractivity contribution in [2.24, 2.45) is 0 Å². The van der Waals surface area contributed by atoms with Crippen molar-refractivity contribution in [1.29, 1.82) is 5.41 Å². The number of likely N-dealkylation sites (N-methyl/N-ethyl adjacent to an activating group) is 1. The quantitative estimate of drug-likeness (QED) is 0.256. The summed E-state index contributed by atoms with van der Waals surface area (Å²) in [5.41, 5.74) is 10.2. The highest BCUT2D eigenvalue weighted by Crippen LogP contribution is 2.25. The maximum absolute atomic E-state index is 12.8. The molecule has 0 aliphatic carbocycles. The Morgan fingerprint density at radius 1 is 1.08 bits per heavy atom. The fourth-order valence-corrected chi connectivity index (χ4v) is 4.18. The van der Waals surface area contributed by atoms with Gasteiger partial charge in [0.2, 0.25) is 0 Å². The molecule has 1 fully saturated rings. The molecule has 3 aromatic rings. The smallest absolute Gasteiger partial charge is 0.274 e. The summed E-state index contributed by atoms with van der Waals surface area (Å²) in [6, 6.07) is 11.1. The van der Waals surface area contributed by atoms with Crippen LogP contribution in [-0.4, -0.2) is 71.7 Å². The van der Waals surface area contributed by atoms with Crippen LogP contribution in [0.25, 0.3) is 11.1 Å². The van der Waals surface area contributed by atoms with Crippen LogP contribution in [0.4, 0.5) is 17.2 Å². The van der Waals surface area contributed by atoms with Crippen LogP contribution in [0.2, 0.25) is 0 Å². The molecule has 1 aliphatic rings. The summed E-state index contributed by atoms with van der Waals surface area (Å²) in [4.78, 5) is 26.1. The number of benzene rings is 1. The normalized spacial score (nSPS) is 13.6. The maximum Gasteiger partial charge on any atom is 0.274 e. The molecular weight excluding hydrogens is 452 g/mol. The van der Waals surface area contributed by atoms with Crippen LogP contribution < -0.4 is 16.4 Å². The third kappa shape index (κ3) is 6.65. The Balaban J connectivity index is 1.43. The molecule has 5 N–H and O–H groups in total. The lowest BCUT2D eigenvalue weighted by Gasteiger charge is -2.15. The van der Waals surface area contributed by atoms with Crippen molar-refractivity contribution in [2.45, 2.75) is 19.4 Å². The molecule has 0 radical (unpaired) electrons. The van der Waals surface area contributed by atoms with E-state index in [1.807, 2.05) is 26.4 Å². The van der Waals surface area contributed by atoms with Gasteiger partial charge in [-0.05, 0) is 81.5 Å². The van der Waals surface area contributed by atoms with Crippen LogP contribution in [0.15, 0.2) is 55.0 Å². The van der Waals surface area contributed by atoms with Crippen LogP contribution in [0.1, 0.15) is 24.0 Å². The van der Waals surface area contributed by atoms with Crippen molar-refractivity contribution in [3.05, 3.63) is 66.1 Å². The van der Waals surface area contributed by atoms with Gasteiger partial charge in [0.05, 0.1) is 11.9 Å². The Morgan fingerprint density at radius 3 is 2.61 bits per heavy atom. The van der Waals surface area contributed by atoms with Crippen LogP contribution >= 0.6 is 0 Å². The maximum atomic E-state index is 12.8. The zero-order valence-corrected chi connectivity index (χ0v) is 20.9. The molecule has 0 saturated carbocycles. The Hall–Kier alpha value is -3.82. The molecule has 1 saturated heterocycles. The average molecular weight is 487 g/mol. The zero-order valence-electron chi connectivity index (χ0n) is 20.9. The first-order valence-corrected chi connectivity index (χ1v) is 12.2. The van der Waals surface area contributed by atoms with Crippen molar-refractivity contribution in [3.8, 4) is 11.1 Å². The van der Waals surface area contributed by atoms with E-state index >= 15 is 0 Å². The van der Waals surface area contributed by atoms with Gasteiger partial charge in [-0.2, -0.15) is 0 Å². The van der Waals surface area contributed by atoms with E-state index in [2.05, 4.69) is 36.5 Å². The van der Waals surface area contributed by atoms with Crippen molar-refractivity contribution in [3.63, 3.8) is 0 Å². The lowest BCUT2D eigenvalue weighted by atomic mass is 9.99. The molecule has 3 heterocycles. The SMILES string of the molecule is CN(C)CCNc1ccc(NC(=O)C(=N)c2cc(-c3cncc(CN4CCCC4)c3)ccc2N)cn1. The van der Waals surface area contributed by atoms with E-state index in [0.29, 0.717) is 16.9 Å². The average Bonchev–Trinajstić information content (AvgIpc) is 3.38. The second-order valence-corrected chi connectivity index (χ2v) is 9.36. The minimum absolute atomic E-state index is 0.205. The van der Waals surface area contributed by atoms with Crippen LogP contribution in [0.5, 0.6) is 0 Å². The van der Waals surface area contributed by atoms with Crippen LogP contribution in [-0.2, 0) is 11.3 Å². The Labute approximate surface area is 212 Å². The third-order valence-corrected chi connectivity index (χ3v) is 6.17. The minimum Gasteiger partial charge on any atom is -0.398 e. The Bertz CT molecular complexity index is 1200. The fraction of sp³-hybridized carbons (Fsp3) is 0.333. The number of nitrogens with zero attached hydrogens (tertiary/aromatic N) is 4. The van der Waals surface area contributed by atoms with Gasteiger partial charge >= 0.3 is 0 Å². The van der Waals surface area contributed by atoms with Gasteiger partial charge in [0.15, 0.2) is 0 Å². The number of anilines is 3. The number of pyridine rings is 2. The van der Waals surface area contributed by atoms with Crippen LogP contribution in [0.3, 0.4) is 0 Å². The molecule has 1 amide bonds. The van der Waals surface area contributed by atoms with Crippen molar-refractivity contribution in [2.75, 3.05) is 56.6 Å². The van der Waals surface area contributed by atoms with Gasteiger partial charge in [-0.3, -0.25) is 20.1 Å². The van der Waals surface area contributed by atoms with Crippen molar-refractivity contribution in [1.82, 2.24) is 19.8 Å². The molecule has 1 aliphatic heterocycles. The number of likely N-dealkylation sites (tertiary alicyclic amines) is 1. The molecule has 0 bridgehead atoms. The van der Waals surface area contributed by atoms with E-state index in [1.165, 1.54) is 12.8 Å². The van der Waals surface area contributed by atoms with E-state index in [4.69, 9.17) is 11.1 Å². The molecule has 0 spiro atoms. The van der Waals surface area contributed by atoms with Gasteiger partial charge in [0.1, 0.15) is 11.5 Å². The summed E-state index contributed by atoms with van der Waals surface area (Å²) < 4.78 is 0. The number of nitrogen functional groups attached to an aromatic ring is 1. The summed E-state index contributed by atoms with van der Waals surface area (Å²) in [5.74, 6) is 0.178. The first kappa shape index (κ1) is 25.3. The summed E-state index contributed by atoms with van der Waals surface area (Å²) in [6.07, 6.45) is 7.75. The predicted octanol–water partition coefficient (Wildman–Crippen LogP) is 3.30. The van der Waals surface area contributed by atoms with E-state index in [9.17, 15) is 4.79 Å². The number of aromatic nitrogens is 2. The number of rotatable bonds is 10. The number of hydrogen-bond donors (Lipinski definition) is 4. The zero-order chi connectivity index (χ0) is 25.5. The molecular formula is C27H34N8O. The number of amides is 1. The highest BCUT2D eigenvalue weighted by molar-refractivity contribution is 6.48. The number of carbonyl (C=O) groups excluding carboxylic acids is 1. The van der Waals surface area contributed by atoms with Crippen molar-refractivity contribution >= 4 is 28.8 Å². The molecule has 4 rings (SSSR count). The second-order valence-electron chi connectivity index (χ2n) is 9.36. The molecule has 0 atom stereocenters. The number of nitrogens with two attached hydrogens (primary N) is 1. The lowest BCUT2D eigenvalue weighted by Crippen LogP contribution is -2.24. The van der Waals surface area contributed by atoms with Crippen molar-refractivity contribution < 1.29 is 4.79 Å². The molecule has 36 heavy (non-hydrogen) atoms. The number of nitrogens with one attached hydrogen (secondary N) is 3. The predicted molar refractivity (Wildman–Crippen MR) is 145 cm³/mol. The van der Waals surface area contributed by atoms with Gasteiger partial charge in [-0.15, -0.1) is 0 Å². The third-order valence-electron chi connectivity index (χ3n) is 6.17. The van der Waals surface area contributed by atoms with Gasteiger partial charge < -0.3 is 21.3 Å². The Morgan fingerprint density at radius 2 is 1.89 bits per heavy atom. The first-order chi connectivity index (χ1) is 17.4. The monoisotopic (exact) mass is 486 g/mol. The molecule has 1 aromatic carbocycles. The highest BCUT2D eigenvalue weighted by Gasteiger charge is 2.17. The van der Waals surface area contributed by atoms with E-state index in [1.54, 1.807) is 36.7 Å². The first-order valence-electron chi connectivity index (χ1n) is 12.2. The number of carbonyl (C=O) groups is 1. The standard InChI is InChI=1S/C27H34N8O/c1-34(2)12-9-31-25-8-6-22(17-32-25)33-27(36)26(29)23-14-20(5-7-24(23)28)21-13-19(15-30-16-21)18-35-10-3-4-11-35/h5-8,13-17,29H,3-4,9-12,18,28H2,1-2H3,(H,31,32)(H,33,36). The largest absolute Gasteiger partial charge is 0.398 e. The number of hydrogen-bond acceptors (Lipinski definition) is 8. The fourth-order valence-electron chi connectivity index (χ4n) is 4.18. The minimum atomic E-state index is -0.546. The summed E-state index contributed by atoms with van der Waals surface area (Å²) in [7, 11) is 4.02. The highest BCUT2D eigenvalue weighted by atomic mass is 16.1. The van der Waals surface area contributed by atoms with E-state index < -0.39 is 5.91 Å². The van der Waals surface area contributed by atoms with E-state index in [-0.39, 0.29) is 5.71 Å². The Kier molecular flexibility index (Phi) is 8.24. The molecule has 2 aromatic heterocycles. The van der Waals surface area contributed by atoms with Gasteiger partial charge in [0.25, 0.3) is 5.91 Å². The van der Waals surface area contributed by atoms with Crippen LogP contribution in [0, 0.1) is 5.41 Å². The topological polar surface area (TPSA) is 123 Å². The molecule has 9 nitrogen and oxygen atoms in total. The van der Waals surface area contributed by atoms with Gasteiger partial charge in [0, 0.05) is 48.8 Å². The molecule has 9 heteroatoms. The molecule has 0 unspecified atom stereocenters. The second kappa shape index (κ2) is 11.7. The van der Waals surface area contributed by atoms with E-state index in [0.717, 1.165) is 55.2 Å². The van der Waals surface area contributed by atoms with Gasteiger partial charge in [-0.1, -0.05) is 6.07 Å². The van der Waals surface area contributed by atoms with Gasteiger partial charge in [-0.25, -0.2) is 4.98 Å². The molecule has 188 valence electrons. The lowest BCUT2D eigenvalue weighted by molar-refractivity contribution is -0.110. The summed E-state index contributed by atoms with van der Waals surface area (Å²) in [6.45, 7) is 4.76. The summed E-state index contributed by atoms with van der Waals surface area (Å²) in [5, 5.41) is 14.5.